The fourth-order valence-corrected chi connectivity index (χ4v) is 2.90. The van der Waals surface area contributed by atoms with Crippen LogP contribution in [-0.2, 0) is 4.79 Å². The monoisotopic (exact) mass is 341 g/mol. The molecule has 0 aliphatic carbocycles. The number of rotatable bonds is 9. The van der Waals surface area contributed by atoms with Gasteiger partial charge in [-0.1, -0.05) is 55.5 Å². The molecule has 0 heterocycles. The van der Waals surface area contributed by atoms with Crippen LogP contribution < -0.4 is 0 Å². The first kappa shape index (κ1) is 19.2. The zero-order valence-corrected chi connectivity index (χ0v) is 15.1. The van der Waals surface area contributed by atoms with Crippen molar-refractivity contribution in [2.24, 2.45) is 5.92 Å². The quantitative estimate of drug-likeness (QED) is 0.446. The molecule has 122 valence electrons. The number of nitrogens with zero attached hydrogens (tertiary/aromatic N) is 1. The van der Waals surface area contributed by atoms with Gasteiger partial charge in [0.05, 0.1) is 0 Å². The topological polar surface area (TPSA) is 20.3 Å². The summed E-state index contributed by atoms with van der Waals surface area (Å²) in [7, 11) is 3.99. The average Bonchev–Trinajstić information content (AvgIpc) is 2.45. The highest BCUT2D eigenvalue weighted by Gasteiger charge is 2.16. The zero-order valence-electron chi connectivity index (χ0n) is 13.6. The highest BCUT2D eigenvalue weighted by atomic mass is 35.5. The number of allylic oxidation sites excluding steroid dienone is 1. The molecule has 0 fully saturated rings. The largest absolute Gasteiger partial charge is 0.309 e. The van der Waals surface area contributed by atoms with Gasteiger partial charge >= 0.3 is 0 Å². The maximum atomic E-state index is 12.5. The van der Waals surface area contributed by atoms with Gasteiger partial charge in [-0.15, -0.1) is 0 Å². The van der Waals surface area contributed by atoms with Crippen LogP contribution in [0.2, 0.25) is 10.0 Å². The molecule has 0 radical (unpaired) electrons. The summed E-state index contributed by atoms with van der Waals surface area (Å²) in [4.78, 5) is 14.5. The molecule has 0 bridgehead atoms. The first-order chi connectivity index (χ1) is 10.5. The third-order valence-electron chi connectivity index (χ3n) is 3.56. The first-order valence-electron chi connectivity index (χ1n) is 7.76. The smallest absolute Gasteiger partial charge is 0.160 e. The number of carbonyl (C=O) groups is 1. The molecular formula is C18H25Cl2NO. The van der Waals surface area contributed by atoms with Gasteiger partial charge < -0.3 is 4.90 Å². The van der Waals surface area contributed by atoms with Crippen molar-refractivity contribution in [3.05, 3.63) is 39.9 Å². The van der Waals surface area contributed by atoms with Crippen molar-refractivity contribution in [1.29, 1.82) is 0 Å². The fourth-order valence-electron chi connectivity index (χ4n) is 2.38. The zero-order chi connectivity index (χ0) is 16.5. The summed E-state index contributed by atoms with van der Waals surface area (Å²) in [6.07, 6.45) is 7.68. The average molecular weight is 342 g/mol. The Morgan fingerprint density at radius 1 is 1.23 bits per heavy atom. The molecule has 0 aliphatic heterocycles. The molecule has 0 amide bonds. The van der Waals surface area contributed by atoms with Crippen molar-refractivity contribution in [3.63, 3.8) is 0 Å². The van der Waals surface area contributed by atoms with Crippen LogP contribution in [0.15, 0.2) is 24.3 Å². The Kier molecular flexibility index (Phi) is 8.77. The van der Waals surface area contributed by atoms with Crippen molar-refractivity contribution in [2.75, 3.05) is 20.6 Å². The van der Waals surface area contributed by atoms with E-state index in [4.69, 9.17) is 23.2 Å². The van der Waals surface area contributed by atoms with Gasteiger partial charge in [-0.2, -0.15) is 0 Å². The molecular weight excluding hydrogens is 317 g/mol. The van der Waals surface area contributed by atoms with Crippen molar-refractivity contribution in [3.8, 4) is 0 Å². The van der Waals surface area contributed by atoms with E-state index in [0.717, 1.165) is 32.2 Å². The van der Waals surface area contributed by atoms with Gasteiger partial charge in [0.2, 0.25) is 0 Å². The normalized spacial score (nSPS) is 13.0. The van der Waals surface area contributed by atoms with Gasteiger partial charge in [0.1, 0.15) is 0 Å². The van der Waals surface area contributed by atoms with Gasteiger partial charge in [-0.3, -0.25) is 4.79 Å². The lowest BCUT2D eigenvalue weighted by Crippen LogP contribution is -2.27. The molecule has 1 rings (SSSR count). The maximum absolute atomic E-state index is 12.5. The number of hydrogen-bond donors (Lipinski definition) is 0. The first-order valence-corrected chi connectivity index (χ1v) is 8.52. The predicted molar refractivity (Wildman–Crippen MR) is 96.7 cm³/mol. The lowest BCUT2D eigenvalue weighted by Gasteiger charge is -2.18. The molecule has 0 N–H and O–H groups in total. The summed E-state index contributed by atoms with van der Waals surface area (Å²) < 4.78 is 0. The van der Waals surface area contributed by atoms with Crippen LogP contribution >= 0.6 is 23.2 Å². The second-order valence-corrected chi connectivity index (χ2v) is 6.64. The van der Waals surface area contributed by atoms with Crippen LogP contribution in [0.1, 0.15) is 38.2 Å². The van der Waals surface area contributed by atoms with Crippen molar-refractivity contribution in [2.45, 2.75) is 32.6 Å². The lowest BCUT2D eigenvalue weighted by atomic mass is 9.95. The van der Waals surface area contributed by atoms with E-state index in [1.807, 2.05) is 14.1 Å². The van der Waals surface area contributed by atoms with Crippen LogP contribution in [0.3, 0.4) is 0 Å². The number of carbonyl (C=O) groups excluding carboxylic acids is 1. The highest BCUT2D eigenvalue weighted by Crippen LogP contribution is 2.25. The molecule has 1 aromatic carbocycles. The second-order valence-electron chi connectivity index (χ2n) is 5.83. The summed E-state index contributed by atoms with van der Waals surface area (Å²) in [5.74, 6) is 0.167. The molecule has 1 unspecified atom stereocenters. The van der Waals surface area contributed by atoms with Gasteiger partial charge in [0.25, 0.3) is 0 Å². The van der Waals surface area contributed by atoms with E-state index in [1.54, 1.807) is 30.4 Å². The Bertz CT molecular complexity index is 492. The van der Waals surface area contributed by atoms with E-state index in [-0.39, 0.29) is 11.7 Å². The third kappa shape index (κ3) is 6.51. The Labute approximate surface area is 144 Å². The molecule has 0 aromatic heterocycles. The molecule has 0 saturated heterocycles. The summed E-state index contributed by atoms with van der Waals surface area (Å²) in [5, 5.41) is 1.12. The number of halogens is 2. The van der Waals surface area contributed by atoms with Crippen molar-refractivity contribution < 1.29 is 4.79 Å². The van der Waals surface area contributed by atoms with Crippen LogP contribution in [0, 0.1) is 5.92 Å². The minimum atomic E-state index is 0.0269. The summed E-state index contributed by atoms with van der Waals surface area (Å²) >= 11 is 12.2. The number of hydrogen-bond acceptors (Lipinski definition) is 2. The van der Waals surface area contributed by atoms with Gasteiger partial charge in [0.15, 0.2) is 5.78 Å². The second kappa shape index (κ2) is 10.0. The molecule has 1 atom stereocenters. The SMILES string of the molecule is CCCCCC(CN(C)C)C(=O)C=Cc1c(Cl)cccc1Cl. The summed E-state index contributed by atoms with van der Waals surface area (Å²) in [6, 6.07) is 5.34. The van der Waals surface area contributed by atoms with Crippen LogP contribution in [0.5, 0.6) is 0 Å². The highest BCUT2D eigenvalue weighted by molar-refractivity contribution is 6.37. The van der Waals surface area contributed by atoms with E-state index in [1.165, 1.54) is 0 Å². The van der Waals surface area contributed by atoms with E-state index in [0.29, 0.717) is 15.6 Å². The van der Waals surface area contributed by atoms with Gasteiger partial charge in [-0.05, 0) is 44.8 Å². The molecule has 0 spiro atoms. The standard InChI is InChI=1S/C18H25Cl2NO/c1-4-5-6-8-14(13-21(2)3)18(22)12-11-15-16(19)9-7-10-17(15)20/h7,9-12,14H,4-6,8,13H2,1-3H3. The van der Waals surface area contributed by atoms with E-state index >= 15 is 0 Å². The molecule has 22 heavy (non-hydrogen) atoms. The summed E-state index contributed by atoms with van der Waals surface area (Å²) in [5.41, 5.74) is 0.705. The minimum Gasteiger partial charge on any atom is -0.309 e. The fraction of sp³-hybridized carbons (Fsp3) is 0.500. The Morgan fingerprint density at radius 2 is 1.86 bits per heavy atom. The number of benzene rings is 1. The number of unbranched alkanes of at least 4 members (excludes halogenated alkanes) is 2. The van der Waals surface area contributed by atoms with Crippen molar-refractivity contribution >= 4 is 35.1 Å². The maximum Gasteiger partial charge on any atom is 0.160 e. The van der Waals surface area contributed by atoms with E-state index in [2.05, 4.69) is 11.8 Å². The Morgan fingerprint density at radius 3 is 2.41 bits per heavy atom. The Balaban J connectivity index is 2.78. The van der Waals surface area contributed by atoms with Crippen LogP contribution in [-0.4, -0.2) is 31.3 Å². The molecule has 2 nitrogen and oxygen atoms in total. The van der Waals surface area contributed by atoms with Crippen LogP contribution in [0.25, 0.3) is 6.08 Å². The lowest BCUT2D eigenvalue weighted by molar-refractivity contribution is -0.118. The molecule has 0 aliphatic rings. The molecule has 4 heteroatoms. The number of ketones is 1. The van der Waals surface area contributed by atoms with E-state index < -0.39 is 0 Å². The minimum absolute atomic E-state index is 0.0269. The van der Waals surface area contributed by atoms with Gasteiger partial charge in [-0.25, -0.2) is 0 Å². The summed E-state index contributed by atoms with van der Waals surface area (Å²) in [6.45, 7) is 2.94. The Hall–Kier alpha value is -0.830. The molecule has 1 aromatic rings. The van der Waals surface area contributed by atoms with E-state index in [9.17, 15) is 4.79 Å². The third-order valence-corrected chi connectivity index (χ3v) is 4.22. The van der Waals surface area contributed by atoms with Gasteiger partial charge in [0, 0.05) is 28.1 Å². The van der Waals surface area contributed by atoms with Crippen LogP contribution in [0.4, 0.5) is 0 Å². The predicted octanol–water partition coefficient (Wildman–Crippen LogP) is 5.33. The van der Waals surface area contributed by atoms with Crippen molar-refractivity contribution in [1.82, 2.24) is 4.90 Å². The molecule has 0 saturated carbocycles.